The molecule has 30 heavy (non-hydrogen) atoms. The van der Waals surface area contributed by atoms with Crippen LogP contribution in [0.4, 0.5) is 5.82 Å². The van der Waals surface area contributed by atoms with Crippen LogP contribution in [0.25, 0.3) is 11.0 Å². The zero-order chi connectivity index (χ0) is 20.3. The second-order valence-electron chi connectivity index (χ2n) is 8.57. The number of hydrogen-bond acceptors (Lipinski definition) is 4. The standard InChI is InChI=1S/C24H29N5O/c30-24(18-10-5-2-6-11-18)29-15-7-12-21(29)20-14-13-19-22(27-28-23(19)26-20)25-16-17-8-3-1-4-9-17/h1,3-4,8-9,13-14,18,21H,2,5-7,10-12,15-16H2,(H2,25,26,27,28). The fourth-order valence-electron chi connectivity index (χ4n) is 4.94. The van der Waals surface area contributed by atoms with Gasteiger partial charge in [-0.3, -0.25) is 9.89 Å². The number of likely N-dealkylation sites (tertiary alicyclic amines) is 1. The van der Waals surface area contributed by atoms with Crippen molar-refractivity contribution in [1.29, 1.82) is 0 Å². The largest absolute Gasteiger partial charge is 0.364 e. The maximum Gasteiger partial charge on any atom is 0.226 e. The Balaban J connectivity index is 1.32. The Morgan fingerprint density at radius 2 is 1.87 bits per heavy atom. The molecule has 1 amide bonds. The van der Waals surface area contributed by atoms with Gasteiger partial charge in [0.2, 0.25) is 5.91 Å². The third-order valence-electron chi connectivity index (χ3n) is 6.58. The summed E-state index contributed by atoms with van der Waals surface area (Å²) in [7, 11) is 0. The van der Waals surface area contributed by atoms with Crippen molar-refractivity contribution in [3.05, 3.63) is 53.7 Å². The van der Waals surface area contributed by atoms with E-state index >= 15 is 0 Å². The number of nitrogens with zero attached hydrogens (tertiary/aromatic N) is 3. The molecule has 156 valence electrons. The topological polar surface area (TPSA) is 73.9 Å². The van der Waals surface area contributed by atoms with E-state index in [-0.39, 0.29) is 12.0 Å². The predicted molar refractivity (Wildman–Crippen MR) is 118 cm³/mol. The molecule has 0 radical (unpaired) electrons. The molecule has 1 saturated heterocycles. The maximum absolute atomic E-state index is 13.1. The van der Waals surface area contributed by atoms with Crippen molar-refractivity contribution in [1.82, 2.24) is 20.1 Å². The molecule has 1 aliphatic heterocycles. The molecule has 3 aromatic rings. The van der Waals surface area contributed by atoms with Gasteiger partial charge in [-0.05, 0) is 43.4 Å². The molecule has 6 nitrogen and oxygen atoms in total. The van der Waals surface area contributed by atoms with Crippen molar-refractivity contribution < 1.29 is 4.79 Å². The molecule has 2 aromatic heterocycles. The first-order valence-corrected chi connectivity index (χ1v) is 11.2. The van der Waals surface area contributed by atoms with Gasteiger partial charge in [0.15, 0.2) is 11.5 Å². The summed E-state index contributed by atoms with van der Waals surface area (Å²) in [5.74, 6) is 1.37. The highest BCUT2D eigenvalue weighted by molar-refractivity contribution is 5.87. The number of amides is 1. The van der Waals surface area contributed by atoms with E-state index in [0.717, 1.165) is 61.3 Å². The zero-order valence-corrected chi connectivity index (χ0v) is 17.3. The number of carbonyl (C=O) groups is 1. The Bertz CT molecular complexity index is 1010. The maximum atomic E-state index is 13.1. The molecule has 2 fully saturated rings. The fourth-order valence-corrected chi connectivity index (χ4v) is 4.94. The number of pyridine rings is 1. The van der Waals surface area contributed by atoms with E-state index in [4.69, 9.17) is 4.98 Å². The number of aromatic amines is 1. The normalized spacial score (nSPS) is 20.0. The highest BCUT2D eigenvalue weighted by atomic mass is 16.2. The predicted octanol–water partition coefficient (Wildman–Crippen LogP) is 4.81. The van der Waals surface area contributed by atoms with Crippen LogP contribution in [-0.2, 0) is 11.3 Å². The van der Waals surface area contributed by atoms with Gasteiger partial charge in [0.1, 0.15) is 0 Å². The number of anilines is 1. The summed E-state index contributed by atoms with van der Waals surface area (Å²) < 4.78 is 0. The SMILES string of the molecule is O=C(C1CCCCC1)N1CCCC1c1ccc2c(NCc3ccccc3)n[nH]c2n1. The van der Waals surface area contributed by atoms with Gasteiger partial charge in [-0.1, -0.05) is 49.6 Å². The number of H-pyrrole nitrogens is 1. The van der Waals surface area contributed by atoms with Crippen LogP contribution in [0.3, 0.4) is 0 Å². The third-order valence-corrected chi connectivity index (χ3v) is 6.58. The molecule has 1 atom stereocenters. The van der Waals surface area contributed by atoms with E-state index in [1.54, 1.807) is 0 Å². The van der Waals surface area contributed by atoms with E-state index in [1.165, 1.54) is 24.8 Å². The molecule has 6 heteroatoms. The summed E-state index contributed by atoms with van der Waals surface area (Å²) in [6.45, 7) is 1.57. The molecule has 1 aromatic carbocycles. The highest BCUT2D eigenvalue weighted by Crippen LogP contribution is 2.36. The van der Waals surface area contributed by atoms with Crippen molar-refractivity contribution in [2.45, 2.75) is 57.5 Å². The lowest BCUT2D eigenvalue weighted by atomic mass is 9.88. The van der Waals surface area contributed by atoms with Crippen molar-refractivity contribution in [3.8, 4) is 0 Å². The van der Waals surface area contributed by atoms with Crippen LogP contribution in [0.5, 0.6) is 0 Å². The molecule has 1 saturated carbocycles. The second-order valence-corrected chi connectivity index (χ2v) is 8.57. The van der Waals surface area contributed by atoms with Gasteiger partial charge in [0.25, 0.3) is 0 Å². The summed E-state index contributed by atoms with van der Waals surface area (Å²) in [6.07, 6.45) is 7.78. The van der Waals surface area contributed by atoms with Gasteiger partial charge in [0, 0.05) is 19.0 Å². The Hall–Kier alpha value is -2.89. The van der Waals surface area contributed by atoms with Crippen LogP contribution in [0, 0.1) is 5.92 Å². The van der Waals surface area contributed by atoms with E-state index in [0.29, 0.717) is 5.91 Å². The molecular formula is C24H29N5O. The number of carbonyl (C=O) groups excluding carboxylic acids is 1. The lowest BCUT2D eigenvalue weighted by molar-refractivity contribution is -0.137. The molecule has 1 aliphatic carbocycles. The first-order chi connectivity index (χ1) is 14.8. The Kier molecular flexibility index (Phi) is 5.39. The number of nitrogens with one attached hydrogen (secondary N) is 2. The lowest BCUT2D eigenvalue weighted by Gasteiger charge is -2.30. The minimum Gasteiger partial charge on any atom is -0.364 e. The van der Waals surface area contributed by atoms with Crippen LogP contribution in [0.15, 0.2) is 42.5 Å². The number of fused-ring (bicyclic) bond motifs is 1. The van der Waals surface area contributed by atoms with Crippen molar-refractivity contribution in [2.75, 3.05) is 11.9 Å². The van der Waals surface area contributed by atoms with Crippen molar-refractivity contribution in [2.24, 2.45) is 5.92 Å². The van der Waals surface area contributed by atoms with Crippen LogP contribution in [0.1, 0.15) is 62.2 Å². The van der Waals surface area contributed by atoms with Gasteiger partial charge < -0.3 is 10.2 Å². The van der Waals surface area contributed by atoms with Crippen LogP contribution < -0.4 is 5.32 Å². The summed E-state index contributed by atoms with van der Waals surface area (Å²) >= 11 is 0. The molecule has 2 N–H and O–H groups in total. The van der Waals surface area contributed by atoms with Crippen molar-refractivity contribution >= 4 is 22.8 Å². The van der Waals surface area contributed by atoms with Crippen LogP contribution >= 0.6 is 0 Å². The van der Waals surface area contributed by atoms with Gasteiger partial charge >= 0.3 is 0 Å². The van der Waals surface area contributed by atoms with Crippen molar-refractivity contribution in [3.63, 3.8) is 0 Å². The molecule has 3 heterocycles. The summed E-state index contributed by atoms with van der Waals surface area (Å²) in [6, 6.07) is 14.5. The average Bonchev–Trinajstić information content (AvgIpc) is 3.45. The quantitative estimate of drug-likeness (QED) is 0.641. The zero-order valence-electron chi connectivity index (χ0n) is 17.3. The molecular weight excluding hydrogens is 374 g/mol. The first kappa shape index (κ1) is 19.1. The third kappa shape index (κ3) is 3.78. The first-order valence-electron chi connectivity index (χ1n) is 11.2. The van der Waals surface area contributed by atoms with Gasteiger partial charge in [-0.15, -0.1) is 0 Å². The van der Waals surface area contributed by atoms with E-state index in [9.17, 15) is 4.79 Å². The molecule has 2 aliphatic rings. The fraction of sp³-hybridized carbons (Fsp3) is 0.458. The summed E-state index contributed by atoms with van der Waals surface area (Å²) in [4.78, 5) is 20.1. The van der Waals surface area contributed by atoms with E-state index < -0.39 is 0 Å². The Labute approximate surface area is 177 Å². The molecule has 1 unspecified atom stereocenters. The average molecular weight is 404 g/mol. The second kappa shape index (κ2) is 8.46. The summed E-state index contributed by atoms with van der Waals surface area (Å²) in [5, 5.41) is 11.9. The Morgan fingerprint density at radius 1 is 1.03 bits per heavy atom. The van der Waals surface area contributed by atoms with E-state index in [1.807, 2.05) is 18.2 Å². The highest BCUT2D eigenvalue weighted by Gasteiger charge is 2.35. The minimum absolute atomic E-state index is 0.0906. The number of hydrogen-bond donors (Lipinski definition) is 2. The minimum atomic E-state index is 0.0906. The van der Waals surface area contributed by atoms with Crippen LogP contribution in [0.2, 0.25) is 0 Å². The van der Waals surface area contributed by atoms with Gasteiger partial charge in [0.05, 0.1) is 17.1 Å². The summed E-state index contributed by atoms with van der Waals surface area (Å²) in [5.41, 5.74) is 2.96. The number of aromatic nitrogens is 3. The molecule has 0 spiro atoms. The molecule has 0 bridgehead atoms. The van der Waals surface area contributed by atoms with Gasteiger partial charge in [-0.25, -0.2) is 4.98 Å². The number of benzene rings is 1. The monoisotopic (exact) mass is 403 g/mol. The van der Waals surface area contributed by atoms with Crippen LogP contribution in [-0.4, -0.2) is 32.5 Å². The van der Waals surface area contributed by atoms with Gasteiger partial charge in [-0.2, -0.15) is 5.10 Å². The Morgan fingerprint density at radius 3 is 2.70 bits per heavy atom. The van der Waals surface area contributed by atoms with E-state index in [2.05, 4.69) is 44.7 Å². The number of rotatable bonds is 5. The lowest BCUT2D eigenvalue weighted by Crippen LogP contribution is -2.36. The molecule has 5 rings (SSSR count). The smallest absolute Gasteiger partial charge is 0.226 e.